The molecule has 2 heterocycles. The summed E-state index contributed by atoms with van der Waals surface area (Å²) in [5.74, 6) is -0.654. The van der Waals surface area contributed by atoms with E-state index in [1.165, 1.54) is 0 Å². The monoisotopic (exact) mass is 411 g/mol. The minimum absolute atomic E-state index is 0.0686. The summed E-state index contributed by atoms with van der Waals surface area (Å²) in [7, 11) is 1.64. The number of aromatic nitrogens is 1. The van der Waals surface area contributed by atoms with Gasteiger partial charge < -0.3 is 14.6 Å². The third-order valence-electron chi connectivity index (χ3n) is 5.91. The number of carbonyl (C=O) groups excluding carboxylic acids is 3. The summed E-state index contributed by atoms with van der Waals surface area (Å²) in [4.78, 5) is 40.0. The van der Waals surface area contributed by atoms with Crippen molar-refractivity contribution in [2.45, 2.75) is 45.7 Å². The van der Waals surface area contributed by atoms with Gasteiger partial charge in [0.15, 0.2) is 5.78 Å². The van der Waals surface area contributed by atoms with Crippen LogP contribution in [-0.2, 0) is 15.1 Å². The number of aryl methyl sites for hydroxylation is 1. The first-order chi connectivity index (χ1) is 14.3. The largest absolute Gasteiger partial charge is 0.383 e. The van der Waals surface area contributed by atoms with Gasteiger partial charge in [0.2, 0.25) is 0 Å². The molecule has 1 N–H and O–H groups in total. The van der Waals surface area contributed by atoms with Crippen LogP contribution in [0.4, 0.5) is 4.79 Å². The van der Waals surface area contributed by atoms with E-state index in [1.807, 2.05) is 68.7 Å². The first-order valence-electron chi connectivity index (χ1n) is 10.2. The number of rotatable bonds is 8. The van der Waals surface area contributed by atoms with E-state index in [9.17, 15) is 14.4 Å². The smallest absolute Gasteiger partial charge is 0.325 e. The number of urea groups is 1. The third-order valence-corrected chi connectivity index (χ3v) is 5.91. The second kappa shape index (κ2) is 8.44. The standard InChI is InChI=1S/C23H29N3O4/c1-6-23(18-10-8-7-9-11-18)21(28)25(22(29)24-23)13-20(27)19-12-15(2)26(17(19)4)16(3)14-30-5/h7-12,16H,6,13-14H2,1-5H3,(H,24,29). The lowest BCUT2D eigenvalue weighted by Gasteiger charge is -2.25. The fourth-order valence-electron chi connectivity index (χ4n) is 4.41. The van der Waals surface area contributed by atoms with E-state index in [0.29, 0.717) is 24.2 Å². The van der Waals surface area contributed by atoms with Crippen molar-refractivity contribution in [2.75, 3.05) is 20.3 Å². The quantitative estimate of drug-likeness (QED) is 0.534. The Kier molecular flexibility index (Phi) is 6.12. The number of ether oxygens (including phenoxy) is 1. The van der Waals surface area contributed by atoms with Crippen molar-refractivity contribution in [2.24, 2.45) is 0 Å². The molecule has 1 saturated heterocycles. The zero-order valence-corrected chi connectivity index (χ0v) is 18.2. The van der Waals surface area contributed by atoms with E-state index in [-0.39, 0.29) is 18.4 Å². The molecule has 0 spiro atoms. The van der Waals surface area contributed by atoms with Gasteiger partial charge >= 0.3 is 6.03 Å². The first kappa shape index (κ1) is 21.8. The predicted molar refractivity (Wildman–Crippen MR) is 113 cm³/mol. The number of nitrogens with zero attached hydrogens (tertiary/aromatic N) is 2. The van der Waals surface area contributed by atoms with Gasteiger partial charge in [-0.15, -0.1) is 0 Å². The molecule has 2 aromatic rings. The zero-order chi connectivity index (χ0) is 22.1. The van der Waals surface area contributed by atoms with Crippen molar-refractivity contribution < 1.29 is 19.1 Å². The topological polar surface area (TPSA) is 80.6 Å². The number of hydrogen-bond donors (Lipinski definition) is 1. The molecule has 0 aliphatic carbocycles. The number of amides is 3. The van der Waals surface area contributed by atoms with Gasteiger partial charge in [-0.05, 0) is 38.8 Å². The second-order valence-electron chi connectivity index (χ2n) is 7.83. The molecule has 3 rings (SSSR count). The molecule has 1 fully saturated rings. The summed E-state index contributed by atoms with van der Waals surface area (Å²) in [6.07, 6.45) is 0.398. The lowest BCUT2D eigenvalue weighted by molar-refractivity contribution is -0.131. The predicted octanol–water partition coefficient (Wildman–Crippen LogP) is 3.35. The average Bonchev–Trinajstić information content (AvgIpc) is 3.16. The Balaban J connectivity index is 1.87. The molecule has 160 valence electrons. The van der Waals surface area contributed by atoms with Crippen molar-refractivity contribution in [3.63, 3.8) is 0 Å². The highest BCUT2D eigenvalue weighted by Gasteiger charge is 2.51. The maximum absolute atomic E-state index is 13.3. The van der Waals surface area contributed by atoms with Crippen molar-refractivity contribution in [1.82, 2.24) is 14.8 Å². The molecule has 30 heavy (non-hydrogen) atoms. The lowest BCUT2D eigenvalue weighted by atomic mass is 9.87. The van der Waals surface area contributed by atoms with Crippen LogP contribution in [0.1, 0.15) is 53.6 Å². The fourth-order valence-corrected chi connectivity index (χ4v) is 4.41. The van der Waals surface area contributed by atoms with Crippen LogP contribution >= 0.6 is 0 Å². The van der Waals surface area contributed by atoms with Crippen LogP contribution in [-0.4, -0.2) is 47.4 Å². The Labute approximate surface area is 177 Å². The van der Waals surface area contributed by atoms with E-state index < -0.39 is 17.5 Å². The highest BCUT2D eigenvalue weighted by Crippen LogP contribution is 2.32. The average molecular weight is 412 g/mol. The number of methoxy groups -OCH3 is 1. The van der Waals surface area contributed by atoms with Gasteiger partial charge in [0.25, 0.3) is 5.91 Å². The maximum Gasteiger partial charge on any atom is 0.325 e. The second-order valence-corrected chi connectivity index (χ2v) is 7.83. The Morgan fingerprint density at radius 1 is 1.20 bits per heavy atom. The molecule has 0 bridgehead atoms. The Bertz CT molecular complexity index is 966. The van der Waals surface area contributed by atoms with Crippen molar-refractivity contribution in [3.8, 4) is 0 Å². The molecule has 7 heteroatoms. The summed E-state index contributed by atoms with van der Waals surface area (Å²) < 4.78 is 7.28. The first-order valence-corrected chi connectivity index (χ1v) is 10.2. The lowest BCUT2D eigenvalue weighted by Crippen LogP contribution is -2.43. The minimum Gasteiger partial charge on any atom is -0.383 e. The number of hydrogen-bond acceptors (Lipinski definition) is 4. The van der Waals surface area contributed by atoms with Crippen molar-refractivity contribution in [1.29, 1.82) is 0 Å². The number of benzene rings is 1. The molecule has 1 aliphatic heterocycles. The normalized spacial score (nSPS) is 19.8. The van der Waals surface area contributed by atoms with Crippen LogP contribution in [0.2, 0.25) is 0 Å². The summed E-state index contributed by atoms with van der Waals surface area (Å²) in [5.41, 5.74) is 1.84. The van der Waals surface area contributed by atoms with Gasteiger partial charge in [-0.25, -0.2) is 4.79 Å². The van der Waals surface area contributed by atoms with E-state index in [4.69, 9.17) is 4.74 Å². The van der Waals surface area contributed by atoms with Crippen LogP contribution in [0.15, 0.2) is 36.4 Å². The molecule has 0 radical (unpaired) electrons. The molecule has 1 aromatic heterocycles. The number of Topliss-reactive ketones (excluding diaryl/α,β-unsaturated/α-hetero) is 1. The number of carbonyl (C=O) groups is 3. The van der Waals surface area contributed by atoms with Gasteiger partial charge in [-0.1, -0.05) is 37.3 Å². The van der Waals surface area contributed by atoms with Crippen molar-refractivity contribution >= 4 is 17.7 Å². The molecule has 0 saturated carbocycles. The van der Waals surface area contributed by atoms with Gasteiger partial charge in [-0.3, -0.25) is 14.5 Å². The van der Waals surface area contributed by atoms with Crippen molar-refractivity contribution in [3.05, 3.63) is 58.9 Å². The molecule has 7 nitrogen and oxygen atoms in total. The summed E-state index contributed by atoms with van der Waals surface area (Å²) in [5, 5.41) is 2.82. The van der Waals surface area contributed by atoms with Gasteiger partial charge in [0.1, 0.15) is 5.54 Å². The molecular formula is C23H29N3O4. The van der Waals surface area contributed by atoms with Crippen LogP contribution < -0.4 is 5.32 Å². The molecular weight excluding hydrogens is 382 g/mol. The Morgan fingerprint density at radius 2 is 1.87 bits per heavy atom. The summed E-state index contributed by atoms with van der Waals surface area (Å²) in [6, 6.07) is 10.5. The molecule has 2 unspecified atom stereocenters. The van der Waals surface area contributed by atoms with Crippen LogP contribution in [0, 0.1) is 13.8 Å². The third kappa shape index (κ3) is 3.54. The minimum atomic E-state index is -1.14. The summed E-state index contributed by atoms with van der Waals surface area (Å²) in [6.45, 7) is 7.90. The number of imide groups is 1. The van der Waals surface area contributed by atoms with Crippen LogP contribution in [0.25, 0.3) is 0 Å². The highest BCUT2D eigenvalue weighted by atomic mass is 16.5. The number of ketones is 1. The SMILES string of the molecule is CCC1(c2ccccc2)NC(=O)N(CC(=O)c2cc(C)n(C(C)COC)c2C)C1=O. The van der Waals surface area contributed by atoms with E-state index in [1.54, 1.807) is 7.11 Å². The van der Waals surface area contributed by atoms with Crippen LogP contribution in [0.3, 0.4) is 0 Å². The van der Waals surface area contributed by atoms with Gasteiger partial charge in [0, 0.05) is 24.1 Å². The molecule has 1 aromatic carbocycles. The van der Waals surface area contributed by atoms with E-state index in [0.717, 1.165) is 16.3 Å². The van der Waals surface area contributed by atoms with Gasteiger partial charge in [-0.2, -0.15) is 0 Å². The maximum atomic E-state index is 13.3. The van der Waals surface area contributed by atoms with E-state index in [2.05, 4.69) is 5.32 Å². The fraction of sp³-hybridized carbons (Fsp3) is 0.435. The Morgan fingerprint density at radius 3 is 2.47 bits per heavy atom. The van der Waals surface area contributed by atoms with E-state index >= 15 is 0 Å². The highest BCUT2D eigenvalue weighted by molar-refractivity contribution is 6.11. The summed E-state index contributed by atoms with van der Waals surface area (Å²) >= 11 is 0. The zero-order valence-electron chi connectivity index (χ0n) is 18.2. The molecule has 3 amide bonds. The molecule has 2 atom stereocenters. The molecule has 1 aliphatic rings. The number of nitrogens with one attached hydrogen (secondary N) is 1. The van der Waals surface area contributed by atoms with Gasteiger partial charge in [0.05, 0.1) is 19.2 Å². The Hall–Kier alpha value is -2.93. The van der Waals surface area contributed by atoms with Crippen LogP contribution in [0.5, 0.6) is 0 Å².